The Morgan fingerprint density at radius 1 is 0.750 bits per heavy atom. The lowest BCUT2D eigenvalue weighted by Crippen LogP contribution is -2.36. The first-order valence-electron chi connectivity index (χ1n) is 7.78. The summed E-state index contributed by atoms with van der Waals surface area (Å²) in [5.74, 6) is 0.170. The summed E-state index contributed by atoms with van der Waals surface area (Å²) in [6.07, 6.45) is 8.83. The second kappa shape index (κ2) is 6.91. The van der Waals surface area contributed by atoms with Gasteiger partial charge in [-0.05, 0) is 51.4 Å². The lowest BCUT2D eigenvalue weighted by atomic mass is 9.81. The molecule has 2 aliphatic carbocycles. The van der Waals surface area contributed by atoms with E-state index < -0.39 is 0 Å². The minimum atomic E-state index is 0.0851. The maximum Gasteiger partial charge on any atom is 0.217 e. The SMILES string of the molecule is CC(=O)NC1CCC(=C2CCC(NC(C)=O)CC2)CC1. The molecule has 20 heavy (non-hydrogen) atoms. The highest BCUT2D eigenvalue weighted by molar-refractivity contribution is 5.73. The minimum Gasteiger partial charge on any atom is -0.354 e. The fourth-order valence-corrected chi connectivity index (χ4v) is 3.50. The van der Waals surface area contributed by atoms with E-state index in [1.165, 1.54) is 0 Å². The molecule has 2 aliphatic rings. The Morgan fingerprint density at radius 3 is 1.30 bits per heavy atom. The van der Waals surface area contributed by atoms with Gasteiger partial charge in [-0.3, -0.25) is 9.59 Å². The Kier molecular flexibility index (Phi) is 5.21. The third-order valence-electron chi connectivity index (χ3n) is 4.49. The van der Waals surface area contributed by atoms with Crippen molar-refractivity contribution in [2.24, 2.45) is 0 Å². The number of hydrogen-bond acceptors (Lipinski definition) is 2. The molecule has 4 nitrogen and oxygen atoms in total. The molecule has 0 unspecified atom stereocenters. The minimum absolute atomic E-state index is 0.0851. The van der Waals surface area contributed by atoms with Crippen molar-refractivity contribution in [3.05, 3.63) is 11.1 Å². The average molecular weight is 278 g/mol. The van der Waals surface area contributed by atoms with E-state index in [1.807, 2.05) is 0 Å². The van der Waals surface area contributed by atoms with Gasteiger partial charge in [-0.15, -0.1) is 0 Å². The lowest BCUT2D eigenvalue weighted by Gasteiger charge is -2.30. The van der Waals surface area contributed by atoms with E-state index in [0.29, 0.717) is 12.1 Å². The molecule has 2 saturated carbocycles. The first kappa shape index (κ1) is 15.1. The van der Waals surface area contributed by atoms with Crippen LogP contribution in [0.5, 0.6) is 0 Å². The fraction of sp³-hybridized carbons (Fsp3) is 0.750. The molecule has 0 saturated heterocycles. The van der Waals surface area contributed by atoms with Gasteiger partial charge in [0.25, 0.3) is 0 Å². The maximum atomic E-state index is 11.1. The Labute approximate surface area is 121 Å². The van der Waals surface area contributed by atoms with Crippen molar-refractivity contribution < 1.29 is 9.59 Å². The van der Waals surface area contributed by atoms with E-state index in [-0.39, 0.29) is 11.8 Å². The second-order valence-corrected chi connectivity index (χ2v) is 6.16. The third kappa shape index (κ3) is 4.36. The van der Waals surface area contributed by atoms with E-state index in [0.717, 1.165) is 51.4 Å². The first-order chi connectivity index (χ1) is 9.54. The van der Waals surface area contributed by atoms with Gasteiger partial charge in [0.05, 0.1) is 0 Å². The summed E-state index contributed by atoms with van der Waals surface area (Å²) in [6, 6.07) is 0.736. The molecule has 2 rings (SSSR count). The lowest BCUT2D eigenvalue weighted by molar-refractivity contribution is -0.120. The predicted molar refractivity (Wildman–Crippen MR) is 79.2 cm³/mol. The number of nitrogens with one attached hydrogen (secondary N) is 2. The summed E-state index contributed by atoms with van der Waals surface area (Å²) >= 11 is 0. The van der Waals surface area contributed by atoms with Gasteiger partial charge in [0.2, 0.25) is 11.8 Å². The molecular formula is C16H26N2O2. The van der Waals surface area contributed by atoms with Crippen LogP contribution >= 0.6 is 0 Å². The van der Waals surface area contributed by atoms with Gasteiger partial charge in [-0.25, -0.2) is 0 Å². The van der Waals surface area contributed by atoms with Gasteiger partial charge in [-0.1, -0.05) is 11.1 Å². The molecule has 112 valence electrons. The van der Waals surface area contributed by atoms with E-state index in [9.17, 15) is 9.59 Å². The van der Waals surface area contributed by atoms with Crippen LogP contribution in [-0.2, 0) is 9.59 Å². The van der Waals surface area contributed by atoms with Crippen molar-refractivity contribution in [1.82, 2.24) is 10.6 Å². The molecular weight excluding hydrogens is 252 g/mol. The third-order valence-corrected chi connectivity index (χ3v) is 4.49. The highest BCUT2D eigenvalue weighted by Gasteiger charge is 2.23. The molecule has 4 heteroatoms. The molecule has 0 radical (unpaired) electrons. The van der Waals surface area contributed by atoms with Crippen LogP contribution < -0.4 is 10.6 Å². The summed E-state index contributed by atoms with van der Waals surface area (Å²) in [6.45, 7) is 3.19. The van der Waals surface area contributed by atoms with Gasteiger partial charge in [0.1, 0.15) is 0 Å². The fourth-order valence-electron chi connectivity index (χ4n) is 3.50. The maximum absolute atomic E-state index is 11.1. The largest absolute Gasteiger partial charge is 0.354 e. The molecule has 0 aromatic carbocycles. The van der Waals surface area contributed by atoms with Crippen LogP contribution in [0.25, 0.3) is 0 Å². The quantitative estimate of drug-likeness (QED) is 0.762. The summed E-state index contributed by atoms with van der Waals surface area (Å²) in [4.78, 5) is 22.1. The zero-order valence-electron chi connectivity index (χ0n) is 12.6. The Morgan fingerprint density at radius 2 is 1.05 bits per heavy atom. The topological polar surface area (TPSA) is 58.2 Å². The van der Waals surface area contributed by atoms with Crippen LogP contribution in [0, 0.1) is 0 Å². The van der Waals surface area contributed by atoms with E-state index >= 15 is 0 Å². The summed E-state index contributed by atoms with van der Waals surface area (Å²) < 4.78 is 0. The van der Waals surface area contributed by atoms with Crippen LogP contribution in [0.2, 0.25) is 0 Å². The molecule has 2 N–H and O–H groups in total. The highest BCUT2D eigenvalue weighted by atomic mass is 16.2. The molecule has 0 atom stereocenters. The van der Waals surface area contributed by atoms with E-state index in [1.54, 1.807) is 25.0 Å². The molecule has 2 amide bonds. The van der Waals surface area contributed by atoms with Crippen molar-refractivity contribution in [3.8, 4) is 0 Å². The zero-order chi connectivity index (χ0) is 14.5. The van der Waals surface area contributed by atoms with E-state index in [4.69, 9.17) is 0 Å². The van der Waals surface area contributed by atoms with Crippen molar-refractivity contribution in [2.75, 3.05) is 0 Å². The predicted octanol–water partition coefficient (Wildman–Crippen LogP) is 2.44. The van der Waals surface area contributed by atoms with Crippen LogP contribution in [0.3, 0.4) is 0 Å². The molecule has 0 bridgehead atoms. The number of carbonyl (C=O) groups is 2. The number of carbonyl (C=O) groups excluding carboxylic acids is 2. The number of hydrogen-bond donors (Lipinski definition) is 2. The van der Waals surface area contributed by atoms with Crippen molar-refractivity contribution in [3.63, 3.8) is 0 Å². The average Bonchev–Trinajstić information content (AvgIpc) is 2.39. The van der Waals surface area contributed by atoms with Crippen molar-refractivity contribution >= 4 is 11.8 Å². The highest BCUT2D eigenvalue weighted by Crippen LogP contribution is 2.33. The number of allylic oxidation sites excluding steroid dienone is 2. The summed E-state index contributed by atoms with van der Waals surface area (Å²) in [7, 11) is 0. The van der Waals surface area contributed by atoms with E-state index in [2.05, 4.69) is 10.6 Å². The van der Waals surface area contributed by atoms with Gasteiger partial charge in [0.15, 0.2) is 0 Å². The molecule has 0 aliphatic heterocycles. The number of rotatable bonds is 2. The van der Waals surface area contributed by atoms with Crippen molar-refractivity contribution in [1.29, 1.82) is 0 Å². The molecule has 0 aromatic heterocycles. The summed E-state index contributed by atoms with van der Waals surface area (Å²) in [5.41, 5.74) is 3.24. The van der Waals surface area contributed by atoms with Crippen LogP contribution in [0.4, 0.5) is 0 Å². The summed E-state index contributed by atoms with van der Waals surface area (Å²) in [5, 5.41) is 6.05. The van der Waals surface area contributed by atoms with Crippen LogP contribution in [0.1, 0.15) is 65.2 Å². The molecule has 0 heterocycles. The molecule has 2 fully saturated rings. The monoisotopic (exact) mass is 278 g/mol. The number of amides is 2. The zero-order valence-corrected chi connectivity index (χ0v) is 12.6. The Hall–Kier alpha value is -1.32. The first-order valence-corrected chi connectivity index (χ1v) is 7.78. The standard InChI is InChI=1S/C16H26N2O2/c1-11(19)17-15-7-3-13(4-8-15)14-5-9-16(10-6-14)18-12(2)20/h15-16H,3-10H2,1-2H3,(H,17,19)(H,18,20). The van der Waals surface area contributed by atoms with Gasteiger partial charge in [-0.2, -0.15) is 0 Å². The van der Waals surface area contributed by atoms with Crippen molar-refractivity contribution in [2.45, 2.75) is 77.3 Å². The van der Waals surface area contributed by atoms with Gasteiger partial charge in [0, 0.05) is 25.9 Å². The second-order valence-electron chi connectivity index (χ2n) is 6.16. The molecule has 0 spiro atoms. The Balaban J connectivity index is 1.81. The van der Waals surface area contributed by atoms with Crippen LogP contribution in [0.15, 0.2) is 11.1 Å². The van der Waals surface area contributed by atoms with Gasteiger partial charge < -0.3 is 10.6 Å². The molecule has 0 aromatic rings. The van der Waals surface area contributed by atoms with Crippen LogP contribution in [-0.4, -0.2) is 23.9 Å². The Bertz CT molecular complexity index is 357. The smallest absolute Gasteiger partial charge is 0.217 e. The van der Waals surface area contributed by atoms with Gasteiger partial charge >= 0.3 is 0 Å². The normalized spacial score (nSPS) is 27.1.